The Hall–Kier alpha value is -0.530. The van der Waals surface area contributed by atoms with Gasteiger partial charge in [0.15, 0.2) is 0 Å². The molecule has 0 atom stereocenters. The summed E-state index contributed by atoms with van der Waals surface area (Å²) in [5, 5.41) is 5.09. The molecule has 0 saturated carbocycles. The van der Waals surface area contributed by atoms with E-state index in [9.17, 15) is 0 Å². The zero-order chi connectivity index (χ0) is 6.97. The van der Waals surface area contributed by atoms with Crippen molar-refractivity contribution < 1.29 is 0 Å². The van der Waals surface area contributed by atoms with Crippen molar-refractivity contribution in [3.8, 4) is 0 Å². The predicted molar refractivity (Wildman–Crippen MR) is 42.2 cm³/mol. The summed E-state index contributed by atoms with van der Waals surface area (Å²) in [5.41, 5.74) is 2.50. The van der Waals surface area contributed by atoms with E-state index in [4.69, 9.17) is 11.6 Å². The third kappa shape index (κ3) is 0.825. The summed E-state index contributed by atoms with van der Waals surface area (Å²) in [4.78, 5) is 0. The van der Waals surface area contributed by atoms with Gasteiger partial charge in [0, 0.05) is 5.02 Å². The van der Waals surface area contributed by atoms with Crippen LogP contribution in [0.1, 0.15) is 11.1 Å². The second-order valence-corrected chi connectivity index (χ2v) is 2.82. The minimum Gasteiger partial charge on any atom is -0.655 e. The molecule has 0 saturated heterocycles. The Labute approximate surface area is 65.0 Å². The quantitative estimate of drug-likeness (QED) is 0.543. The first-order chi connectivity index (χ1) is 4.88. The summed E-state index contributed by atoms with van der Waals surface area (Å²) in [6.45, 7) is 1.64. The van der Waals surface area contributed by atoms with Crippen LogP contribution in [0, 0.1) is 0 Å². The van der Waals surface area contributed by atoms with Gasteiger partial charge < -0.3 is 5.32 Å². The first kappa shape index (κ1) is 6.20. The van der Waals surface area contributed by atoms with Gasteiger partial charge in [-0.25, -0.2) is 0 Å². The highest BCUT2D eigenvalue weighted by atomic mass is 35.5. The van der Waals surface area contributed by atoms with E-state index in [1.807, 2.05) is 12.1 Å². The van der Waals surface area contributed by atoms with Gasteiger partial charge in [-0.1, -0.05) is 29.3 Å². The van der Waals surface area contributed by atoms with Crippen molar-refractivity contribution in [2.45, 2.75) is 13.1 Å². The lowest BCUT2D eigenvalue weighted by Gasteiger charge is -2.02. The Morgan fingerprint density at radius 1 is 1.30 bits per heavy atom. The van der Waals surface area contributed by atoms with Crippen LogP contribution < -0.4 is 0 Å². The van der Waals surface area contributed by atoms with Gasteiger partial charge >= 0.3 is 0 Å². The zero-order valence-corrected chi connectivity index (χ0v) is 6.23. The number of fused-ring (bicyclic) bond motifs is 1. The van der Waals surface area contributed by atoms with Crippen LogP contribution in [-0.2, 0) is 13.1 Å². The van der Waals surface area contributed by atoms with Gasteiger partial charge in [-0.3, -0.25) is 0 Å². The van der Waals surface area contributed by atoms with E-state index in [-0.39, 0.29) is 0 Å². The Bertz CT molecular complexity index is 257. The van der Waals surface area contributed by atoms with Gasteiger partial charge in [0.2, 0.25) is 0 Å². The van der Waals surface area contributed by atoms with E-state index in [1.54, 1.807) is 0 Å². The Morgan fingerprint density at radius 3 is 3.00 bits per heavy atom. The standard InChI is InChI=1S/C8H7ClN/c9-8-3-1-2-6-4-10-5-7(6)8/h1-3H,4-5H2/q-1. The molecule has 1 aromatic carbocycles. The molecular weight excluding hydrogens is 146 g/mol. The lowest BCUT2D eigenvalue weighted by atomic mass is 10.1. The lowest BCUT2D eigenvalue weighted by Crippen LogP contribution is -1.80. The highest BCUT2D eigenvalue weighted by Gasteiger charge is 2.03. The van der Waals surface area contributed by atoms with Gasteiger partial charge in [0.25, 0.3) is 0 Å². The second kappa shape index (κ2) is 2.26. The maximum absolute atomic E-state index is 5.91. The van der Waals surface area contributed by atoms with E-state index >= 15 is 0 Å². The average molecular weight is 153 g/mol. The number of rotatable bonds is 0. The molecule has 0 N–H and O–H groups in total. The van der Waals surface area contributed by atoms with Crippen LogP contribution >= 0.6 is 11.6 Å². The molecule has 0 spiro atoms. The van der Waals surface area contributed by atoms with Crippen LogP contribution in [0.3, 0.4) is 0 Å². The minimum atomic E-state index is 0.801. The first-order valence-corrected chi connectivity index (χ1v) is 3.65. The maximum atomic E-state index is 5.91. The molecule has 52 valence electrons. The first-order valence-electron chi connectivity index (χ1n) is 3.27. The van der Waals surface area contributed by atoms with Gasteiger partial charge in [0.05, 0.1) is 0 Å². The minimum absolute atomic E-state index is 0.801. The Balaban J connectivity index is 2.59. The van der Waals surface area contributed by atoms with Crippen molar-refractivity contribution in [2.24, 2.45) is 0 Å². The molecule has 0 fully saturated rings. The second-order valence-electron chi connectivity index (χ2n) is 2.42. The number of halogens is 1. The van der Waals surface area contributed by atoms with Gasteiger partial charge in [-0.15, -0.1) is 13.1 Å². The number of nitrogens with zero attached hydrogens (tertiary/aromatic N) is 1. The largest absolute Gasteiger partial charge is 0.655 e. The molecule has 2 heteroatoms. The van der Waals surface area contributed by atoms with Crippen molar-refractivity contribution in [1.82, 2.24) is 0 Å². The molecule has 1 aliphatic heterocycles. The summed E-state index contributed by atoms with van der Waals surface area (Å²) in [6.07, 6.45) is 0. The van der Waals surface area contributed by atoms with E-state index in [0.29, 0.717) is 0 Å². The van der Waals surface area contributed by atoms with Gasteiger partial charge in [-0.05, 0) is 11.6 Å². The van der Waals surface area contributed by atoms with Crippen LogP contribution in [0.5, 0.6) is 0 Å². The summed E-state index contributed by atoms with van der Waals surface area (Å²) < 4.78 is 0. The molecule has 0 aliphatic carbocycles. The maximum Gasteiger partial charge on any atom is 0.0422 e. The fourth-order valence-electron chi connectivity index (χ4n) is 1.22. The van der Waals surface area contributed by atoms with E-state index in [0.717, 1.165) is 18.1 Å². The molecule has 1 heterocycles. The van der Waals surface area contributed by atoms with E-state index < -0.39 is 0 Å². The highest BCUT2D eigenvalue weighted by molar-refractivity contribution is 6.31. The predicted octanol–water partition coefficient (Wildman–Crippen LogP) is 2.73. The van der Waals surface area contributed by atoms with Crippen LogP contribution in [0.2, 0.25) is 5.02 Å². The van der Waals surface area contributed by atoms with Crippen molar-refractivity contribution in [3.05, 3.63) is 39.7 Å². The number of hydrogen-bond acceptors (Lipinski definition) is 0. The zero-order valence-electron chi connectivity index (χ0n) is 5.47. The average Bonchev–Trinajstić information content (AvgIpc) is 2.36. The summed E-state index contributed by atoms with van der Waals surface area (Å²) in [7, 11) is 0. The topological polar surface area (TPSA) is 14.1 Å². The van der Waals surface area contributed by atoms with Gasteiger partial charge in [-0.2, -0.15) is 0 Å². The van der Waals surface area contributed by atoms with Crippen LogP contribution in [0.4, 0.5) is 0 Å². The Morgan fingerprint density at radius 2 is 2.20 bits per heavy atom. The number of benzene rings is 1. The molecule has 1 aliphatic rings. The molecule has 0 amide bonds. The molecule has 0 aromatic heterocycles. The normalized spacial score (nSPS) is 15.3. The third-order valence-electron chi connectivity index (χ3n) is 1.77. The molecule has 1 aromatic rings. The fraction of sp³-hybridized carbons (Fsp3) is 0.250. The van der Waals surface area contributed by atoms with Gasteiger partial charge in [0.1, 0.15) is 0 Å². The van der Waals surface area contributed by atoms with Crippen molar-refractivity contribution in [1.29, 1.82) is 0 Å². The SMILES string of the molecule is Clc1cccc2c1C[N-]C2. The Kier molecular flexibility index (Phi) is 1.40. The monoisotopic (exact) mass is 152 g/mol. The van der Waals surface area contributed by atoms with Crippen LogP contribution in [-0.4, -0.2) is 0 Å². The van der Waals surface area contributed by atoms with Crippen molar-refractivity contribution >= 4 is 11.6 Å². The highest BCUT2D eigenvalue weighted by Crippen LogP contribution is 2.29. The third-order valence-corrected chi connectivity index (χ3v) is 2.12. The number of hydrogen-bond donors (Lipinski definition) is 0. The molecule has 0 bridgehead atoms. The molecule has 10 heavy (non-hydrogen) atoms. The molecule has 0 radical (unpaired) electrons. The van der Waals surface area contributed by atoms with Crippen molar-refractivity contribution in [3.63, 3.8) is 0 Å². The molecule has 2 rings (SSSR count). The van der Waals surface area contributed by atoms with E-state index in [1.165, 1.54) is 11.1 Å². The molecule has 0 unspecified atom stereocenters. The molecular formula is C8H7ClN-. The van der Waals surface area contributed by atoms with Crippen LogP contribution in [0.25, 0.3) is 5.32 Å². The van der Waals surface area contributed by atoms with E-state index in [2.05, 4.69) is 11.4 Å². The summed E-state index contributed by atoms with van der Waals surface area (Å²) in [6, 6.07) is 5.97. The van der Waals surface area contributed by atoms with Crippen molar-refractivity contribution in [2.75, 3.05) is 0 Å². The molecule has 1 nitrogen and oxygen atoms in total. The summed E-state index contributed by atoms with van der Waals surface area (Å²) in [5.74, 6) is 0. The lowest BCUT2D eigenvalue weighted by molar-refractivity contribution is 1.20. The van der Waals surface area contributed by atoms with Crippen LogP contribution in [0.15, 0.2) is 18.2 Å². The fourth-order valence-corrected chi connectivity index (χ4v) is 1.47. The smallest absolute Gasteiger partial charge is 0.0422 e. The summed E-state index contributed by atoms with van der Waals surface area (Å²) >= 11 is 5.91.